The number of benzene rings is 1. The molecule has 0 aliphatic carbocycles. The van der Waals surface area contributed by atoms with Gasteiger partial charge in [-0.05, 0) is 12.8 Å². The number of hydrogen-bond acceptors (Lipinski definition) is 6. The van der Waals surface area contributed by atoms with E-state index in [2.05, 4.69) is 10.1 Å². The quantitative estimate of drug-likeness (QED) is 0.581. The molecule has 1 aromatic rings. The van der Waals surface area contributed by atoms with Crippen molar-refractivity contribution in [2.75, 3.05) is 49.2 Å². The molecule has 2 saturated heterocycles. The van der Waals surface area contributed by atoms with Crippen molar-refractivity contribution < 1.29 is 46.1 Å². The predicted octanol–water partition coefficient (Wildman–Crippen LogP) is 2.34. The molecule has 0 aromatic heterocycles. The Morgan fingerprint density at radius 2 is 1.88 bits per heavy atom. The third-order valence-corrected chi connectivity index (χ3v) is 5.41. The van der Waals surface area contributed by atoms with E-state index in [0.717, 1.165) is 17.0 Å². The van der Waals surface area contributed by atoms with Crippen LogP contribution in [0, 0.1) is 11.6 Å². The first-order valence-electron chi connectivity index (χ1n) is 10.2. The summed E-state index contributed by atoms with van der Waals surface area (Å²) in [4.78, 5) is 25.5. The van der Waals surface area contributed by atoms with Crippen molar-refractivity contribution >= 4 is 23.4 Å². The molecule has 3 rings (SSSR count). The van der Waals surface area contributed by atoms with Crippen LogP contribution in [-0.2, 0) is 14.3 Å². The Kier molecular flexibility index (Phi) is 7.32. The fourth-order valence-corrected chi connectivity index (χ4v) is 3.75. The molecule has 13 heteroatoms. The fraction of sp³-hybridized carbons (Fsp3) is 0.600. The molecular weight excluding hydrogens is 457 g/mol. The van der Waals surface area contributed by atoms with E-state index in [9.17, 15) is 36.6 Å². The summed E-state index contributed by atoms with van der Waals surface area (Å²) in [5.41, 5.74) is -1.95. The molecule has 184 valence electrons. The summed E-state index contributed by atoms with van der Waals surface area (Å²) in [6.45, 7) is -0.701. The Hall–Kier alpha value is -2.67. The van der Waals surface area contributed by atoms with Gasteiger partial charge in [0, 0.05) is 32.1 Å². The first-order chi connectivity index (χ1) is 15.4. The second-order valence-electron chi connectivity index (χ2n) is 8.13. The number of anilines is 2. The van der Waals surface area contributed by atoms with Crippen LogP contribution in [0.3, 0.4) is 0 Å². The van der Waals surface area contributed by atoms with Crippen LogP contribution in [0.25, 0.3) is 0 Å². The second-order valence-corrected chi connectivity index (χ2v) is 8.13. The molecule has 0 radical (unpaired) electrons. The van der Waals surface area contributed by atoms with E-state index in [0.29, 0.717) is 0 Å². The first-order valence-corrected chi connectivity index (χ1v) is 10.2. The molecule has 2 aliphatic rings. The Bertz CT molecular complexity index is 866. The number of amides is 2. The van der Waals surface area contributed by atoms with Crippen molar-refractivity contribution in [1.82, 2.24) is 5.32 Å². The summed E-state index contributed by atoms with van der Waals surface area (Å²) < 4.78 is 75.9. The number of nitrogens with zero attached hydrogens (tertiary/aromatic N) is 2. The molecule has 0 spiro atoms. The van der Waals surface area contributed by atoms with Gasteiger partial charge in [-0.2, -0.15) is 13.2 Å². The molecule has 2 aliphatic heterocycles. The van der Waals surface area contributed by atoms with Crippen LogP contribution in [0.1, 0.15) is 19.8 Å². The van der Waals surface area contributed by atoms with Gasteiger partial charge in [-0.15, -0.1) is 0 Å². The molecule has 2 amide bonds. The topological polar surface area (TPSA) is 91.3 Å². The largest absolute Gasteiger partial charge is 0.442 e. The summed E-state index contributed by atoms with van der Waals surface area (Å²) in [6, 6.07) is 1.96. The zero-order chi connectivity index (χ0) is 24.4. The molecule has 2 heterocycles. The number of carbonyl (C=O) groups is 2. The van der Waals surface area contributed by atoms with E-state index >= 15 is 0 Å². The Labute approximate surface area is 186 Å². The Morgan fingerprint density at radius 3 is 2.42 bits per heavy atom. The lowest BCUT2D eigenvalue weighted by atomic mass is 9.92. The number of piperidine rings is 1. The molecule has 33 heavy (non-hydrogen) atoms. The number of ether oxygens (including phenoxy) is 2. The maximum atomic E-state index is 14.8. The van der Waals surface area contributed by atoms with E-state index in [4.69, 9.17) is 4.74 Å². The average Bonchev–Trinajstić information content (AvgIpc) is 3.07. The summed E-state index contributed by atoms with van der Waals surface area (Å²) in [6.07, 6.45) is -6.09. The minimum absolute atomic E-state index is 0.00792. The summed E-state index contributed by atoms with van der Waals surface area (Å²) in [5.74, 6) is -2.20. The van der Waals surface area contributed by atoms with Gasteiger partial charge in [-0.1, -0.05) is 0 Å². The van der Waals surface area contributed by atoms with Crippen LogP contribution < -0.4 is 15.1 Å². The SMILES string of the molecule is CC(=O)NC[C@H]1CN(c2cc(F)c(N3CCC(O)(COCC(F)(F)F)CC3)c(F)c2)C(=O)O1. The molecule has 2 fully saturated rings. The number of carbonyl (C=O) groups excluding carboxylic acids is 2. The fourth-order valence-electron chi connectivity index (χ4n) is 3.75. The average molecular weight is 481 g/mol. The van der Waals surface area contributed by atoms with Gasteiger partial charge < -0.3 is 24.8 Å². The van der Waals surface area contributed by atoms with E-state index < -0.39 is 48.8 Å². The smallest absolute Gasteiger partial charge is 0.414 e. The number of halogens is 5. The van der Waals surface area contributed by atoms with Crippen LogP contribution in [0.4, 0.5) is 38.1 Å². The van der Waals surface area contributed by atoms with Crippen molar-refractivity contribution in [3.63, 3.8) is 0 Å². The van der Waals surface area contributed by atoms with Gasteiger partial charge in [0.2, 0.25) is 5.91 Å². The highest BCUT2D eigenvalue weighted by molar-refractivity contribution is 5.90. The zero-order valence-corrected chi connectivity index (χ0v) is 17.8. The minimum atomic E-state index is -4.52. The van der Waals surface area contributed by atoms with Crippen LogP contribution in [-0.4, -0.2) is 74.4 Å². The highest BCUT2D eigenvalue weighted by atomic mass is 19.4. The molecule has 1 atom stereocenters. The van der Waals surface area contributed by atoms with Gasteiger partial charge in [-0.25, -0.2) is 13.6 Å². The van der Waals surface area contributed by atoms with Crippen molar-refractivity contribution in [3.05, 3.63) is 23.8 Å². The van der Waals surface area contributed by atoms with Gasteiger partial charge in [0.15, 0.2) is 11.6 Å². The number of aliphatic hydroxyl groups is 1. The number of alkyl halides is 3. The maximum absolute atomic E-state index is 14.8. The second kappa shape index (κ2) is 9.67. The maximum Gasteiger partial charge on any atom is 0.414 e. The van der Waals surface area contributed by atoms with Crippen LogP contribution in [0.15, 0.2) is 12.1 Å². The van der Waals surface area contributed by atoms with Gasteiger partial charge in [0.1, 0.15) is 18.4 Å². The van der Waals surface area contributed by atoms with Gasteiger partial charge >= 0.3 is 12.3 Å². The summed E-state index contributed by atoms with van der Waals surface area (Å²) in [5, 5.41) is 12.9. The monoisotopic (exact) mass is 481 g/mol. The highest BCUT2D eigenvalue weighted by Crippen LogP contribution is 2.34. The molecule has 1 aromatic carbocycles. The summed E-state index contributed by atoms with van der Waals surface area (Å²) >= 11 is 0. The predicted molar refractivity (Wildman–Crippen MR) is 106 cm³/mol. The minimum Gasteiger partial charge on any atom is -0.442 e. The molecule has 2 N–H and O–H groups in total. The molecule has 0 unspecified atom stereocenters. The van der Waals surface area contributed by atoms with E-state index in [1.807, 2.05) is 0 Å². The van der Waals surface area contributed by atoms with Gasteiger partial charge in [0.25, 0.3) is 0 Å². The lowest BCUT2D eigenvalue weighted by Gasteiger charge is -2.39. The standard InChI is InChI=1S/C20H24F5N3O5/c1-12(29)26-8-14-9-28(18(30)33-14)13-6-15(21)17(16(22)7-13)27-4-2-19(31,3-5-27)10-32-11-20(23,24)25/h6-7,14,31H,2-5,8-11H2,1H3,(H,26,29)/t14-/m0/s1. The Balaban J connectivity index is 1.63. The van der Waals surface area contributed by atoms with Gasteiger partial charge in [-0.3, -0.25) is 9.69 Å². The zero-order valence-electron chi connectivity index (χ0n) is 17.8. The van der Waals surface area contributed by atoms with E-state index in [-0.39, 0.29) is 56.3 Å². The number of nitrogens with one attached hydrogen (secondary N) is 1. The van der Waals surface area contributed by atoms with E-state index in [1.54, 1.807) is 0 Å². The summed E-state index contributed by atoms with van der Waals surface area (Å²) in [7, 11) is 0. The number of hydrogen-bond donors (Lipinski definition) is 2. The normalized spacial score (nSPS) is 20.7. The van der Waals surface area contributed by atoms with E-state index in [1.165, 1.54) is 11.8 Å². The van der Waals surface area contributed by atoms with Crippen molar-refractivity contribution in [1.29, 1.82) is 0 Å². The molecule has 0 bridgehead atoms. The lowest BCUT2D eigenvalue weighted by Crippen LogP contribution is -2.48. The molecular formula is C20H24F5N3O5. The third-order valence-electron chi connectivity index (χ3n) is 5.41. The van der Waals surface area contributed by atoms with Crippen LogP contribution >= 0.6 is 0 Å². The Morgan fingerprint density at radius 1 is 1.27 bits per heavy atom. The number of cyclic esters (lactones) is 1. The number of rotatable bonds is 7. The van der Waals surface area contributed by atoms with Crippen LogP contribution in [0.5, 0.6) is 0 Å². The van der Waals surface area contributed by atoms with Crippen molar-refractivity contribution in [2.24, 2.45) is 0 Å². The first kappa shape index (κ1) is 25.0. The third kappa shape index (κ3) is 6.44. The van der Waals surface area contributed by atoms with Crippen molar-refractivity contribution in [2.45, 2.75) is 37.6 Å². The van der Waals surface area contributed by atoms with Crippen molar-refractivity contribution in [3.8, 4) is 0 Å². The molecule has 8 nitrogen and oxygen atoms in total. The highest BCUT2D eigenvalue weighted by Gasteiger charge is 2.37. The molecule has 0 saturated carbocycles. The lowest BCUT2D eigenvalue weighted by molar-refractivity contribution is -0.188. The van der Waals surface area contributed by atoms with Gasteiger partial charge in [0.05, 0.1) is 31.0 Å². The van der Waals surface area contributed by atoms with Crippen LogP contribution in [0.2, 0.25) is 0 Å².